The lowest BCUT2D eigenvalue weighted by molar-refractivity contribution is 0.760. The summed E-state index contributed by atoms with van der Waals surface area (Å²) < 4.78 is 0. The van der Waals surface area contributed by atoms with Gasteiger partial charge in [-0.15, -0.1) is 0 Å². The second kappa shape index (κ2) is 4.86. The third kappa shape index (κ3) is 2.25. The first kappa shape index (κ1) is 10.8. The Labute approximate surface area is 95.3 Å². The molecule has 2 rings (SSSR count). The van der Waals surface area contributed by atoms with E-state index in [1.165, 1.54) is 11.1 Å². The molecule has 0 amide bonds. The molecule has 0 bridgehead atoms. The predicted octanol–water partition coefficient (Wildman–Crippen LogP) is 1.88. The van der Waals surface area contributed by atoms with Crippen molar-refractivity contribution in [3.8, 4) is 0 Å². The highest BCUT2D eigenvalue weighted by molar-refractivity contribution is 5.31. The second-order valence-electron chi connectivity index (χ2n) is 3.85. The Hall–Kier alpha value is -1.74. The Morgan fingerprint density at radius 1 is 1.25 bits per heavy atom. The fourth-order valence-corrected chi connectivity index (χ4v) is 1.81. The zero-order valence-electron chi connectivity index (χ0n) is 9.30. The first-order valence-electron chi connectivity index (χ1n) is 5.35. The molecule has 1 aromatic carbocycles. The van der Waals surface area contributed by atoms with Crippen molar-refractivity contribution in [3.63, 3.8) is 0 Å². The lowest BCUT2D eigenvalue weighted by atomic mass is 9.94. The van der Waals surface area contributed by atoms with E-state index in [4.69, 9.17) is 5.73 Å². The Balaban J connectivity index is 2.37. The van der Waals surface area contributed by atoms with Crippen LogP contribution in [0.25, 0.3) is 0 Å². The summed E-state index contributed by atoms with van der Waals surface area (Å²) in [6.45, 7) is 2.62. The maximum absolute atomic E-state index is 5.82. The van der Waals surface area contributed by atoms with Gasteiger partial charge in [0, 0.05) is 18.7 Å². The van der Waals surface area contributed by atoms with Gasteiger partial charge in [-0.3, -0.25) is 0 Å². The average Bonchev–Trinajstić information content (AvgIpc) is 2.31. The van der Waals surface area contributed by atoms with Gasteiger partial charge in [-0.2, -0.15) is 10.2 Å². The van der Waals surface area contributed by atoms with Gasteiger partial charge >= 0.3 is 0 Å². The van der Waals surface area contributed by atoms with Crippen molar-refractivity contribution in [2.45, 2.75) is 12.8 Å². The van der Waals surface area contributed by atoms with Crippen molar-refractivity contribution in [1.29, 1.82) is 0 Å². The number of benzene rings is 1. The number of rotatable bonds is 3. The van der Waals surface area contributed by atoms with Gasteiger partial charge in [0.2, 0.25) is 0 Å². The van der Waals surface area contributed by atoms with E-state index in [-0.39, 0.29) is 5.92 Å². The van der Waals surface area contributed by atoms with Gasteiger partial charge in [-0.1, -0.05) is 29.8 Å². The van der Waals surface area contributed by atoms with E-state index >= 15 is 0 Å². The van der Waals surface area contributed by atoms with Crippen molar-refractivity contribution < 1.29 is 0 Å². The number of nitrogens with zero attached hydrogens (tertiary/aromatic N) is 2. The minimum absolute atomic E-state index is 0.133. The molecule has 3 heteroatoms. The first-order valence-corrected chi connectivity index (χ1v) is 5.35. The lowest BCUT2D eigenvalue weighted by Crippen LogP contribution is -2.15. The molecule has 0 saturated heterocycles. The Kier molecular flexibility index (Phi) is 3.27. The van der Waals surface area contributed by atoms with Crippen LogP contribution >= 0.6 is 0 Å². The third-order valence-electron chi connectivity index (χ3n) is 2.63. The Bertz CT molecular complexity index is 454. The van der Waals surface area contributed by atoms with Crippen LogP contribution in [0.15, 0.2) is 42.6 Å². The monoisotopic (exact) mass is 213 g/mol. The molecule has 0 fully saturated rings. The Morgan fingerprint density at radius 3 is 2.75 bits per heavy atom. The third-order valence-corrected chi connectivity index (χ3v) is 2.63. The van der Waals surface area contributed by atoms with Crippen LogP contribution in [-0.2, 0) is 0 Å². The molecule has 0 aliphatic heterocycles. The number of hydrogen-bond donors (Lipinski definition) is 1. The summed E-state index contributed by atoms with van der Waals surface area (Å²) in [4.78, 5) is 0. The molecular formula is C13H15N3. The smallest absolute Gasteiger partial charge is 0.0718 e. The normalized spacial score (nSPS) is 12.4. The van der Waals surface area contributed by atoms with Crippen molar-refractivity contribution in [3.05, 3.63) is 59.4 Å². The molecular weight excluding hydrogens is 198 g/mol. The van der Waals surface area contributed by atoms with Crippen LogP contribution in [0.1, 0.15) is 22.7 Å². The topological polar surface area (TPSA) is 51.8 Å². The molecule has 0 saturated carbocycles. The van der Waals surface area contributed by atoms with Gasteiger partial charge in [0.1, 0.15) is 0 Å². The molecule has 0 radical (unpaired) electrons. The number of aromatic nitrogens is 2. The molecule has 82 valence electrons. The highest BCUT2D eigenvalue weighted by atomic mass is 15.1. The molecule has 0 spiro atoms. The lowest BCUT2D eigenvalue weighted by Gasteiger charge is -2.14. The molecule has 1 aromatic heterocycles. The molecule has 1 atom stereocenters. The zero-order chi connectivity index (χ0) is 11.4. The molecule has 16 heavy (non-hydrogen) atoms. The van der Waals surface area contributed by atoms with Crippen LogP contribution in [0.5, 0.6) is 0 Å². The largest absolute Gasteiger partial charge is 0.329 e. The van der Waals surface area contributed by atoms with Gasteiger partial charge in [-0.25, -0.2) is 0 Å². The predicted molar refractivity (Wildman–Crippen MR) is 64.1 cm³/mol. The molecule has 2 aromatic rings. The zero-order valence-corrected chi connectivity index (χ0v) is 9.30. The van der Waals surface area contributed by atoms with Crippen LogP contribution in [0.2, 0.25) is 0 Å². The van der Waals surface area contributed by atoms with Gasteiger partial charge < -0.3 is 5.73 Å². The molecule has 1 heterocycles. The van der Waals surface area contributed by atoms with Crippen molar-refractivity contribution >= 4 is 0 Å². The maximum Gasteiger partial charge on any atom is 0.0718 e. The van der Waals surface area contributed by atoms with Crippen molar-refractivity contribution in [2.75, 3.05) is 6.54 Å². The Morgan fingerprint density at radius 2 is 2.12 bits per heavy atom. The summed E-state index contributed by atoms with van der Waals surface area (Å²) >= 11 is 0. The summed E-state index contributed by atoms with van der Waals surface area (Å²) in [6.07, 6.45) is 1.67. The number of nitrogens with two attached hydrogens (primary N) is 1. The van der Waals surface area contributed by atoms with Gasteiger partial charge in [-0.05, 0) is 24.6 Å². The van der Waals surface area contributed by atoms with Gasteiger partial charge in [0.05, 0.1) is 5.69 Å². The van der Waals surface area contributed by atoms with Crippen LogP contribution in [-0.4, -0.2) is 16.7 Å². The fourth-order valence-electron chi connectivity index (χ4n) is 1.81. The standard InChI is InChI=1S/C13H15N3/c1-10-4-2-5-11(8-10)12(9-14)13-6-3-7-15-16-13/h2-8,12H,9,14H2,1H3. The summed E-state index contributed by atoms with van der Waals surface area (Å²) in [5.74, 6) is 0.133. The van der Waals surface area contributed by atoms with Crippen LogP contribution in [0, 0.1) is 6.92 Å². The van der Waals surface area contributed by atoms with Gasteiger partial charge in [0.25, 0.3) is 0 Å². The van der Waals surface area contributed by atoms with E-state index in [1.807, 2.05) is 18.2 Å². The van der Waals surface area contributed by atoms with Crippen LogP contribution in [0.3, 0.4) is 0 Å². The molecule has 3 nitrogen and oxygen atoms in total. The molecule has 2 N–H and O–H groups in total. The van der Waals surface area contributed by atoms with Crippen molar-refractivity contribution in [1.82, 2.24) is 10.2 Å². The molecule has 0 aliphatic rings. The second-order valence-corrected chi connectivity index (χ2v) is 3.85. The summed E-state index contributed by atoms with van der Waals surface area (Å²) in [5, 5.41) is 8.02. The van der Waals surface area contributed by atoms with E-state index in [0.29, 0.717) is 6.54 Å². The minimum atomic E-state index is 0.133. The fraction of sp³-hybridized carbons (Fsp3) is 0.231. The number of hydrogen-bond acceptors (Lipinski definition) is 3. The van der Waals surface area contributed by atoms with Gasteiger partial charge in [0.15, 0.2) is 0 Å². The van der Waals surface area contributed by atoms with E-state index in [1.54, 1.807) is 6.20 Å². The molecule has 0 aliphatic carbocycles. The van der Waals surface area contributed by atoms with Crippen LogP contribution in [0.4, 0.5) is 0 Å². The maximum atomic E-state index is 5.82. The van der Waals surface area contributed by atoms with Crippen molar-refractivity contribution in [2.24, 2.45) is 5.73 Å². The SMILES string of the molecule is Cc1cccc(C(CN)c2cccnn2)c1. The van der Waals surface area contributed by atoms with E-state index in [9.17, 15) is 0 Å². The summed E-state index contributed by atoms with van der Waals surface area (Å²) in [6, 6.07) is 12.2. The van der Waals surface area contributed by atoms with Crippen LogP contribution < -0.4 is 5.73 Å². The highest BCUT2D eigenvalue weighted by Crippen LogP contribution is 2.21. The number of aryl methyl sites for hydroxylation is 1. The minimum Gasteiger partial charge on any atom is -0.329 e. The summed E-state index contributed by atoms with van der Waals surface area (Å²) in [7, 11) is 0. The quantitative estimate of drug-likeness (QED) is 0.846. The highest BCUT2D eigenvalue weighted by Gasteiger charge is 2.13. The first-order chi connectivity index (χ1) is 7.81. The summed E-state index contributed by atoms with van der Waals surface area (Å²) in [5.41, 5.74) is 9.18. The average molecular weight is 213 g/mol. The van der Waals surface area contributed by atoms with E-state index in [0.717, 1.165) is 5.69 Å². The van der Waals surface area contributed by atoms with E-state index < -0.39 is 0 Å². The molecule has 1 unspecified atom stereocenters. The van der Waals surface area contributed by atoms with E-state index in [2.05, 4.69) is 35.3 Å².